The van der Waals surface area contributed by atoms with Crippen molar-refractivity contribution in [2.24, 2.45) is 0 Å². The number of amides is 1. The second kappa shape index (κ2) is 7.49. The van der Waals surface area contributed by atoms with Gasteiger partial charge in [-0.2, -0.15) is 0 Å². The number of nitrogens with one attached hydrogen (secondary N) is 2. The first-order chi connectivity index (χ1) is 12.0. The summed E-state index contributed by atoms with van der Waals surface area (Å²) in [6.45, 7) is 4.03. The lowest BCUT2D eigenvalue weighted by Crippen LogP contribution is -2.12. The molecule has 3 aromatic rings. The Morgan fingerprint density at radius 2 is 1.80 bits per heavy atom. The molecular weight excluding hydrogens is 378 g/mol. The highest BCUT2D eigenvalue weighted by molar-refractivity contribution is 9.10. The number of carbonyl (C=O) groups is 1. The van der Waals surface area contributed by atoms with Crippen LogP contribution in [0.25, 0.3) is 0 Å². The summed E-state index contributed by atoms with van der Waals surface area (Å²) in [4.78, 5) is 16.6. The zero-order valence-electron chi connectivity index (χ0n) is 14.0. The number of rotatable bonds is 4. The van der Waals surface area contributed by atoms with Crippen LogP contribution in [-0.4, -0.2) is 10.9 Å². The molecule has 2 N–H and O–H groups in total. The van der Waals surface area contributed by atoms with Gasteiger partial charge in [-0.15, -0.1) is 0 Å². The van der Waals surface area contributed by atoms with Gasteiger partial charge in [0.05, 0.1) is 17.4 Å². The van der Waals surface area contributed by atoms with E-state index in [9.17, 15) is 4.79 Å². The number of aryl methyl sites for hydroxylation is 2. The zero-order chi connectivity index (χ0) is 17.8. The molecule has 0 atom stereocenters. The van der Waals surface area contributed by atoms with Crippen LogP contribution in [0, 0.1) is 13.8 Å². The van der Waals surface area contributed by atoms with Crippen LogP contribution in [0.3, 0.4) is 0 Å². The third-order valence-electron chi connectivity index (χ3n) is 3.74. The van der Waals surface area contributed by atoms with Gasteiger partial charge in [0, 0.05) is 22.0 Å². The minimum Gasteiger partial charge on any atom is -0.354 e. The molecule has 0 aliphatic rings. The summed E-state index contributed by atoms with van der Waals surface area (Å²) in [6, 6.07) is 15.5. The molecular formula is C20H18BrN3O. The maximum absolute atomic E-state index is 12.5. The molecule has 0 saturated heterocycles. The van der Waals surface area contributed by atoms with Crippen molar-refractivity contribution >= 4 is 38.9 Å². The van der Waals surface area contributed by atoms with E-state index >= 15 is 0 Å². The van der Waals surface area contributed by atoms with E-state index in [1.807, 2.05) is 56.3 Å². The van der Waals surface area contributed by atoms with E-state index in [-0.39, 0.29) is 5.91 Å². The Hall–Kier alpha value is -2.66. The Morgan fingerprint density at radius 3 is 2.56 bits per heavy atom. The van der Waals surface area contributed by atoms with E-state index in [0.717, 1.165) is 32.7 Å². The molecule has 0 aliphatic heterocycles. The van der Waals surface area contributed by atoms with Crippen molar-refractivity contribution in [1.82, 2.24) is 4.98 Å². The number of aromatic nitrogens is 1. The Labute approximate surface area is 155 Å². The second-order valence-electron chi connectivity index (χ2n) is 5.87. The number of carbonyl (C=O) groups excluding carboxylic acids is 1. The Balaban J connectivity index is 1.76. The number of hydrogen-bond donors (Lipinski definition) is 2. The highest BCUT2D eigenvalue weighted by atomic mass is 79.9. The second-order valence-corrected chi connectivity index (χ2v) is 6.73. The van der Waals surface area contributed by atoms with Crippen LogP contribution in [0.5, 0.6) is 0 Å². The lowest BCUT2D eigenvalue weighted by atomic mass is 10.2. The molecule has 1 aromatic heterocycles. The molecule has 5 heteroatoms. The van der Waals surface area contributed by atoms with Gasteiger partial charge in [0.25, 0.3) is 5.91 Å². The summed E-state index contributed by atoms with van der Waals surface area (Å²) < 4.78 is 0.957. The molecule has 1 amide bonds. The van der Waals surface area contributed by atoms with Gasteiger partial charge >= 0.3 is 0 Å². The van der Waals surface area contributed by atoms with Crippen molar-refractivity contribution in [3.8, 4) is 0 Å². The number of anilines is 3. The largest absolute Gasteiger partial charge is 0.354 e. The van der Waals surface area contributed by atoms with Crippen molar-refractivity contribution in [3.63, 3.8) is 0 Å². The first-order valence-corrected chi connectivity index (χ1v) is 8.67. The van der Waals surface area contributed by atoms with Gasteiger partial charge in [0.15, 0.2) is 0 Å². The maximum atomic E-state index is 12.5. The first kappa shape index (κ1) is 17.2. The normalized spacial score (nSPS) is 10.4. The van der Waals surface area contributed by atoms with E-state index in [1.165, 1.54) is 0 Å². The smallest absolute Gasteiger partial charge is 0.257 e. The Morgan fingerprint density at radius 1 is 0.960 bits per heavy atom. The average Bonchev–Trinajstić information content (AvgIpc) is 2.58. The van der Waals surface area contributed by atoms with Gasteiger partial charge in [0.2, 0.25) is 0 Å². The molecule has 2 aromatic carbocycles. The van der Waals surface area contributed by atoms with Gasteiger partial charge in [-0.25, -0.2) is 0 Å². The quantitative estimate of drug-likeness (QED) is 0.616. The molecule has 0 radical (unpaired) electrons. The fourth-order valence-corrected chi connectivity index (χ4v) is 2.77. The summed E-state index contributed by atoms with van der Waals surface area (Å²) in [7, 11) is 0. The number of nitrogens with zero attached hydrogens (tertiary/aromatic N) is 1. The van der Waals surface area contributed by atoms with E-state index in [4.69, 9.17) is 0 Å². The number of benzene rings is 2. The standard InChI is InChI=1S/C20H18BrN3O/c1-13-4-3-5-16(8-13)23-18-9-15(11-22-12-18)20(25)24-17-7-6-14(2)19(21)10-17/h3-12,23H,1-2H3,(H,24,25). The molecule has 0 bridgehead atoms. The molecule has 0 fully saturated rings. The molecule has 1 heterocycles. The molecule has 3 rings (SSSR count). The van der Waals surface area contributed by atoms with Crippen LogP contribution in [-0.2, 0) is 0 Å². The molecule has 0 spiro atoms. The highest BCUT2D eigenvalue weighted by Gasteiger charge is 2.09. The van der Waals surface area contributed by atoms with Crippen LogP contribution in [0.4, 0.5) is 17.1 Å². The molecule has 0 aliphatic carbocycles. The van der Waals surface area contributed by atoms with Gasteiger partial charge in [0.1, 0.15) is 0 Å². The van der Waals surface area contributed by atoms with Crippen molar-refractivity contribution in [3.05, 3.63) is 82.1 Å². The number of hydrogen-bond acceptors (Lipinski definition) is 3. The fourth-order valence-electron chi connectivity index (χ4n) is 2.40. The van der Waals surface area contributed by atoms with Crippen molar-refractivity contribution in [2.75, 3.05) is 10.6 Å². The predicted molar refractivity (Wildman–Crippen MR) is 106 cm³/mol. The van der Waals surface area contributed by atoms with Crippen LogP contribution in [0.2, 0.25) is 0 Å². The average molecular weight is 396 g/mol. The Kier molecular flexibility index (Phi) is 5.14. The van der Waals surface area contributed by atoms with Crippen molar-refractivity contribution < 1.29 is 4.79 Å². The third-order valence-corrected chi connectivity index (χ3v) is 4.59. The van der Waals surface area contributed by atoms with E-state index in [1.54, 1.807) is 18.5 Å². The minimum atomic E-state index is -0.198. The summed E-state index contributed by atoms with van der Waals surface area (Å²) in [5, 5.41) is 6.16. The molecule has 0 unspecified atom stereocenters. The van der Waals surface area contributed by atoms with E-state index < -0.39 is 0 Å². The summed E-state index contributed by atoms with van der Waals surface area (Å²) >= 11 is 3.47. The lowest BCUT2D eigenvalue weighted by molar-refractivity contribution is 0.102. The number of halogens is 1. The molecule has 0 saturated carbocycles. The van der Waals surface area contributed by atoms with Gasteiger partial charge in [-0.1, -0.05) is 34.1 Å². The molecule has 126 valence electrons. The van der Waals surface area contributed by atoms with E-state index in [0.29, 0.717) is 5.56 Å². The zero-order valence-corrected chi connectivity index (χ0v) is 15.6. The van der Waals surface area contributed by atoms with Crippen molar-refractivity contribution in [2.45, 2.75) is 13.8 Å². The monoisotopic (exact) mass is 395 g/mol. The van der Waals surface area contributed by atoms with Crippen LogP contribution in [0.1, 0.15) is 21.5 Å². The third kappa shape index (κ3) is 4.45. The summed E-state index contributed by atoms with van der Waals surface area (Å²) in [5.74, 6) is -0.198. The van der Waals surface area contributed by atoms with Gasteiger partial charge < -0.3 is 10.6 Å². The van der Waals surface area contributed by atoms with Gasteiger partial charge in [-0.05, 0) is 55.3 Å². The minimum absolute atomic E-state index is 0.198. The lowest BCUT2D eigenvalue weighted by Gasteiger charge is -2.10. The fraction of sp³-hybridized carbons (Fsp3) is 0.100. The van der Waals surface area contributed by atoms with Crippen molar-refractivity contribution in [1.29, 1.82) is 0 Å². The molecule has 4 nitrogen and oxygen atoms in total. The SMILES string of the molecule is Cc1cccc(Nc2cncc(C(=O)Nc3ccc(C)c(Br)c3)c2)c1. The topological polar surface area (TPSA) is 54.0 Å². The van der Waals surface area contributed by atoms with Crippen LogP contribution >= 0.6 is 15.9 Å². The highest BCUT2D eigenvalue weighted by Crippen LogP contribution is 2.22. The molecule has 25 heavy (non-hydrogen) atoms. The number of pyridine rings is 1. The predicted octanol–water partition coefficient (Wildman–Crippen LogP) is 5.46. The van der Waals surface area contributed by atoms with Crippen LogP contribution < -0.4 is 10.6 Å². The Bertz CT molecular complexity index is 924. The summed E-state index contributed by atoms with van der Waals surface area (Å²) in [5.41, 5.74) is 5.24. The summed E-state index contributed by atoms with van der Waals surface area (Å²) in [6.07, 6.45) is 3.25. The van der Waals surface area contributed by atoms with Gasteiger partial charge in [-0.3, -0.25) is 9.78 Å². The van der Waals surface area contributed by atoms with Crippen LogP contribution in [0.15, 0.2) is 65.4 Å². The van der Waals surface area contributed by atoms with E-state index in [2.05, 4.69) is 31.5 Å². The maximum Gasteiger partial charge on any atom is 0.257 e. The first-order valence-electron chi connectivity index (χ1n) is 7.87.